The minimum atomic E-state index is -0.139. The molecule has 16 heavy (non-hydrogen) atoms. The first-order valence-electron chi connectivity index (χ1n) is 6.65. The molecule has 3 unspecified atom stereocenters. The first-order valence-corrected chi connectivity index (χ1v) is 6.65. The predicted molar refractivity (Wildman–Crippen MR) is 64.5 cm³/mol. The van der Waals surface area contributed by atoms with E-state index in [0.29, 0.717) is 12.1 Å². The maximum atomic E-state index is 9.94. The van der Waals surface area contributed by atoms with E-state index < -0.39 is 0 Å². The molecule has 1 aliphatic carbocycles. The number of aliphatic hydroxyl groups is 1. The molecular weight excluding hydrogens is 202 g/mol. The number of ether oxygens (including phenoxy) is 1. The van der Waals surface area contributed by atoms with Crippen LogP contribution in [0.5, 0.6) is 0 Å². The van der Waals surface area contributed by atoms with E-state index in [1.54, 1.807) is 0 Å². The van der Waals surface area contributed by atoms with Crippen molar-refractivity contribution in [3.05, 3.63) is 0 Å². The van der Waals surface area contributed by atoms with Crippen LogP contribution in [0.15, 0.2) is 0 Å². The zero-order valence-corrected chi connectivity index (χ0v) is 10.5. The fourth-order valence-corrected chi connectivity index (χ4v) is 2.98. The molecule has 0 radical (unpaired) electrons. The maximum absolute atomic E-state index is 9.94. The standard InChI is InChI=1S/C13H25NO2/c1-13(2)9-10(7-8-16-13)14-11-5-3-4-6-12(11)15/h10-12,14-15H,3-9H2,1-2H3. The van der Waals surface area contributed by atoms with Crippen molar-refractivity contribution in [2.75, 3.05) is 6.61 Å². The van der Waals surface area contributed by atoms with Crippen LogP contribution in [0.3, 0.4) is 0 Å². The Balaban J connectivity index is 1.84. The highest BCUT2D eigenvalue weighted by atomic mass is 16.5. The van der Waals surface area contributed by atoms with Crippen LogP contribution in [0.4, 0.5) is 0 Å². The highest BCUT2D eigenvalue weighted by molar-refractivity contribution is 4.88. The monoisotopic (exact) mass is 227 g/mol. The van der Waals surface area contributed by atoms with Crippen molar-refractivity contribution < 1.29 is 9.84 Å². The van der Waals surface area contributed by atoms with Crippen LogP contribution in [-0.4, -0.2) is 35.5 Å². The zero-order chi connectivity index (χ0) is 11.6. The highest BCUT2D eigenvalue weighted by Gasteiger charge is 2.32. The topological polar surface area (TPSA) is 41.5 Å². The third kappa shape index (κ3) is 3.19. The summed E-state index contributed by atoms with van der Waals surface area (Å²) >= 11 is 0. The first kappa shape index (κ1) is 12.3. The normalized spacial score (nSPS) is 39.6. The Kier molecular flexibility index (Phi) is 3.88. The summed E-state index contributed by atoms with van der Waals surface area (Å²) in [6.07, 6.45) is 6.51. The van der Waals surface area contributed by atoms with E-state index in [1.165, 1.54) is 12.8 Å². The third-order valence-electron chi connectivity index (χ3n) is 3.88. The van der Waals surface area contributed by atoms with Gasteiger partial charge in [0.05, 0.1) is 11.7 Å². The summed E-state index contributed by atoms with van der Waals surface area (Å²) in [5.41, 5.74) is -0.00443. The van der Waals surface area contributed by atoms with Gasteiger partial charge in [0.25, 0.3) is 0 Å². The van der Waals surface area contributed by atoms with Crippen LogP contribution in [-0.2, 0) is 4.74 Å². The fraction of sp³-hybridized carbons (Fsp3) is 1.00. The molecule has 1 aliphatic heterocycles. The van der Waals surface area contributed by atoms with Crippen molar-refractivity contribution in [3.63, 3.8) is 0 Å². The molecule has 3 nitrogen and oxygen atoms in total. The number of hydrogen-bond acceptors (Lipinski definition) is 3. The molecule has 0 amide bonds. The lowest BCUT2D eigenvalue weighted by atomic mass is 9.89. The van der Waals surface area contributed by atoms with E-state index in [-0.39, 0.29) is 11.7 Å². The summed E-state index contributed by atoms with van der Waals surface area (Å²) in [7, 11) is 0. The van der Waals surface area contributed by atoms with Crippen molar-refractivity contribution in [2.45, 2.75) is 76.2 Å². The average Bonchev–Trinajstić information content (AvgIpc) is 2.20. The molecule has 1 heterocycles. The molecule has 0 bridgehead atoms. The van der Waals surface area contributed by atoms with Crippen molar-refractivity contribution in [3.8, 4) is 0 Å². The Labute approximate surface area is 98.6 Å². The summed E-state index contributed by atoms with van der Waals surface area (Å²) in [4.78, 5) is 0. The number of nitrogens with one attached hydrogen (secondary N) is 1. The summed E-state index contributed by atoms with van der Waals surface area (Å²) in [6, 6.07) is 0.828. The molecular formula is C13H25NO2. The molecule has 1 saturated heterocycles. The number of aliphatic hydroxyl groups excluding tert-OH is 1. The number of rotatable bonds is 2. The quantitative estimate of drug-likeness (QED) is 0.756. The maximum Gasteiger partial charge on any atom is 0.0693 e. The van der Waals surface area contributed by atoms with Gasteiger partial charge in [-0.1, -0.05) is 12.8 Å². The molecule has 3 atom stereocenters. The molecule has 2 aliphatic rings. The predicted octanol–water partition coefficient (Wildman–Crippen LogP) is 1.84. The van der Waals surface area contributed by atoms with Crippen LogP contribution in [0, 0.1) is 0 Å². The summed E-state index contributed by atoms with van der Waals surface area (Å²) in [6.45, 7) is 5.14. The van der Waals surface area contributed by atoms with Crippen molar-refractivity contribution in [2.24, 2.45) is 0 Å². The Morgan fingerprint density at radius 2 is 1.94 bits per heavy atom. The van der Waals surface area contributed by atoms with Gasteiger partial charge < -0.3 is 15.2 Å². The van der Waals surface area contributed by atoms with Crippen LogP contribution < -0.4 is 5.32 Å². The van der Waals surface area contributed by atoms with Gasteiger partial charge in [-0.25, -0.2) is 0 Å². The summed E-state index contributed by atoms with van der Waals surface area (Å²) in [5, 5.41) is 13.6. The van der Waals surface area contributed by atoms with E-state index in [4.69, 9.17) is 4.74 Å². The van der Waals surface area contributed by atoms with Crippen LogP contribution in [0.25, 0.3) is 0 Å². The summed E-state index contributed by atoms with van der Waals surface area (Å²) in [5.74, 6) is 0. The summed E-state index contributed by atoms with van der Waals surface area (Å²) < 4.78 is 5.71. The van der Waals surface area contributed by atoms with Crippen LogP contribution in [0.1, 0.15) is 52.4 Å². The lowest BCUT2D eigenvalue weighted by Crippen LogP contribution is -2.51. The second kappa shape index (κ2) is 5.03. The second-order valence-corrected chi connectivity index (χ2v) is 5.92. The first-order chi connectivity index (χ1) is 7.57. The van der Waals surface area contributed by atoms with Crippen LogP contribution >= 0.6 is 0 Å². The average molecular weight is 227 g/mol. The highest BCUT2D eigenvalue weighted by Crippen LogP contribution is 2.26. The van der Waals surface area contributed by atoms with Crippen molar-refractivity contribution in [1.82, 2.24) is 5.32 Å². The second-order valence-electron chi connectivity index (χ2n) is 5.92. The minimum absolute atomic E-state index is 0.00443. The number of hydrogen-bond donors (Lipinski definition) is 2. The SMILES string of the molecule is CC1(C)CC(NC2CCCCC2O)CCO1. The molecule has 0 spiro atoms. The van der Waals surface area contributed by atoms with E-state index in [1.807, 2.05) is 0 Å². The van der Waals surface area contributed by atoms with Crippen molar-refractivity contribution in [1.29, 1.82) is 0 Å². The molecule has 0 aromatic carbocycles. The Bertz CT molecular complexity index is 230. The Morgan fingerprint density at radius 1 is 1.19 bits per heavy atom. The van der Waals surface area contributed by atoms with Gasteiger partial charge >= 0.3 is 0 Å². The molecule has 2 rings (SSSR count). The Hall–Kier alpha value is -0.120. The van der Waals surface area contributed by atoms with Gasteiger partial charge in [-0.05, 0) is 39.5 Å². The van der Waals surface area contributed by atoms with Crippen LogP contribution in [0.2, 0.25) is 0 Å². The molecule has 1 saturated carbocycles. The molecule has 2 N–H and O–H groups in total. The van der Waals surface area contributed by atoms with Gasteiger partial charge in [0.15, 0.2) is 0 Å². The smallest absolute Gasteiger partial charge is 0.0693 e. The van der Waals surface area contributed by atoms with E-state index in [2.05, 4.69) is 19.2 Å². The third-order valence-corrected chi connectivity index (χ3v) is 3.88. The fourth-order valence-electron chi connectivity index (χ4n) is 2.98. The molecule has 94 valence electrons. The molecule has 0 aromatic heterocycles. The van der Waals surface area contributed by atoms with E-state index >= 15 is 0 Å². The molecule has 2 fully saturated rings. The molecule has 3 heteroatoms. The largest absolute Gasteiger partial charge is 0.392 e. The van der Waals surface area contributed by atoms with Crippen molar-refractivity contribution >= 4 is 0 Å². The lowest BCUT2D eigenvalue weighted by molar-refractivity contribution is -0.0673. The van der Waals surface area contributed by atoms with Gasteiger partial charge in [-0.15, -0.1) is 0 Å². The molecule has 0 aromatic rings. The lowest BCUT2D eigenvalue weighted by Gasteiger charge is -2.39. The van der Waals surface area contributed by atoms with Gasteiger partial charge in [-0.2, -0.15) is 0 Å². The Morgan fingerprint density at radius 3 is 2.62 bits per heavy atom. The zero-order valence-electron chi connectivity index (χ0n) is 10.5. The van der Waals surface area contributed by atoms with Gasteiger partial charge in [-0.3, -0.25) is 0 Å². The van der Waals surface area contributed by atoms with E-state index in [9.17, 15) is 5.11 Å². The van der Waals surface area contributed by atoms with Gasteiger partial charge in [0, 0.05) is 18.7 Å². The van der Waals surface area contributed by atoms with E-state index in [0.717, 1.165) is 32.3 Å². The minimum Gasteiger partial charge on any atom is -0.392 e. The van der Waals surface area contributed by atoms with Gasteiger partial charge in [0.1, 0.15) is 0 Å². The van der Waals surface area contributed by atoms with Gasteiger partial charge in [0.2, 0.25) is 0 Å².